The van der Waals surface area contributed by atoms with Crippen molar-refractivity contribution < 1.29 is 22.4 Å². The average molecular weight is 387 g/mol. The van der Waals surface area contributed by atoms with Gasteiger partial charge in [0.15, 0.2) is 0 Å². The molecule has 1 N–H and O–H groups in total. The van der Waals surface area contributed by atoms with Gasteiger partial charge in [-0.15, -0.1) is 0 Å². The van der Waals surface area contributed by atoms with Crippen molar-refractivity contribution in [1.29, 1.82) is 0 Å². The zero-order valence-electron chi connectivity index (χ0n) is 14.4. The van der Waals surface area contributed by atoms with Gasteiger partial charge >= 0.3 is 0 Å². The minimum atomic E-state index is -3.12. The van der Waals surface area contributed by atoms with E-state index in [2.05, 4.69) is 15.3 Å². The maximum Gasteiger partial charge on any atom is 0.283 e. The summed E-state index contributed by atoms with van der Waals surface area (Å²) in [6, 6.07) is -1.18. The van der Waals surface area contributed by atoms with Crippen LogP contribution in [0.3, 0.4) is 0 Å². The summed E-state index contributed by atoms with van der Waals surface area (Å²) in [5, 5.41) is 5.23. The van der Waals surface area contributed by atoms with E-state index in [1.54, 1.807) is 0 Å². The molecule has 5 nitrogen and oxygen atoms in total. The number of carbonyl (C=O) groups is 1. The first-order valence-electron chi connectivity index (χ1n) is 8.08. The van der Waals surface area contributed by atoms with E-state index < -0.39 is 41.2 Å². The second kappa shape index (κ2) is 9.96. The molecule has 144 valence electrons. The Kier molecular flexibility index (Phi) is 8.64. The molecule has 0 fully saturated rings. The normalized spacial score (nSPS) is 13.1. The number of halogens is 5. The van der Waals surface area contributed by atoms with Gasteiger partial charge in [0.25, 0.3) is 12.9 Å². The van der Waals surface area contributed by atoms with Crippen LogP contribution in [0.15, 0.2) is 0 Å². The Bertz CT molecular complexity index is 564. The van der Waals surface area contributed by atoms with Gasteiger partial charge in [-0.3, -0.25) is 4.79 Å². The van der Waals surface area contributed by atoms with Gasteiger partial charge in [-0.05, 0) is 33.0 Å². The molecular weight excluding hydrogens is 364 g/mol. The van der Waals surface area contributed by atoms with Crippen LogP contribution in [0.2, 0.25) is 5.02 Å². The van der Waals surface area contributed by atoms with Crippen molar-refractivity contribution in [3.8, 4) is 0 Å². The monoisotopic (exact) mass is 386 g/mol. The van der Waals surface area contributed by atoms with Gasteiger partial charge in [0, 0.05) is 6.54 Å². The fraction of sp³-hybridized carbons (Fsp3) is 0.733. The Balaban J connectivity index is 2.77. The molecule has 0 aliphatic rings. The van der Waals surface area contributed by atoms with Gasteiger partial charge in [-0.25, -0.2) is 22.2 Å². The average Bonchev–Trinajstić information content (AvgIpc) is 2.91. The molecule has 0 aliphatic carbocycles. The summed E-state index contributed by atoms with van der Waals surface area (Å²) in [4.78, 5) is 14.3. The quantitative estimate of drug-likeness (QED) is 0.491. The molecule has 0 spiro atoms. The number of hydrogen-bond acceptors (Lipinski definition) is 3. The van der Waals surface area contributed by atoms with Crippen molar-refractivity contribution in [3.63, 3.8) is 0 Å². The van der Waals surface area contributed by atoms with Gasteiger partial charge in [0.2, 0.25) is 5.91 Å². The van der Waals surface area contributed by atoms with E-state index in [1.165, 1.54) is 6.92 Å². The van der Waals surface area contributed by atoms with Gasteiger partial charge in [0.1, 0.15) is 17.4 Å². The van der Waals surface area contributed by atoms with E-state index in [0.717, 1.165) is 19.6 Å². The highest BCUT2D eigenvalue weighted by Gasteiger charge is 2.31. The van der Waals surface area contributed by atoms with Gasteiger partial charge in [-0.2, -0.15) is 5.10 Å². The fourth-order valence-electron chi connectivity index (χ4n) is 2.39. The third-order valence-corrected chi connectivity index (χ3v) is 4.30. The van der Waals surface area contributed by atoms with Crippen molar-refractivity contribution in [3.05, 3.63) is 16.4 Å². The van der Waals surface area contributed by atoms with Crippen LogP contribution >= 0.6 is 11.6 Å². The minimum absolute atomic E-state index is 0.348. The topological polar surface area (TPSA) is 50.2 Å². The molecule has 1 atom stereocenters. The highest BCUT2D eigenvalue weighted by Crippen LogP contribution is 2.36. The van der Waals surface area contributed by atoms with Crippen LogP contribution < -0.4 is 5.32 Å². The lowest BCUT2D eigenvalue weighted by molar-refractivity contribution is -0.124. The van der Waals surface area contributed by atoms with Crippen molar-refractivity contribution in [2.45, 2.75) is 46.1 Å². The second-order valence-corrected chi connectivity index (χ2v) is 5.86. The number of hydrogen-bond donors (Lipinski definition) is 1. The third-order valence-electron chi connectivity index (χ3n) is 3.92. The van der Waals surface area contributed by atoms with E-state index in [0.29, 0.717) is 17.6 Å². The molecule has 25 heavy (non-hydrogen) atoms. The van der Waals surface area contributed by atoms with Crippen LogP contribution in [0.5, 0.6) is 0 Å². The Hall–Kier alpha value is -1.35. The summed E-state index contributed by atoms with van der Waals surface area (Å²) in [5.74, 6) is -0.582. The molecule has 0 bridgehead atoms. The molecule has 1 aromatic heterocycles. The van der Waals surface area contributed by atoms with Gasteiger partial charge in [-0.1, -0.05) is 25.4 Å². The largest absolute Gasteiger partial charge is 0.354 e. The number of nitrogens with zero attached hydrogens (tertiary/aromatic N) is 3. The third kappa shape index (κ3) is 5.57. The molecule has 1 rings (SSSR count). The smallest absolute Gasteiger partial charge is 0.283 e. The molecule has 1 amide bonds. The second-order valence-electron chi connectivity index (χ2n) is 5.48. The number of rotatable bonds is 10. The van der Waals surface area contributed by atoms with Crippen molar-refractivity contribution in [1.82, 2.24) is 20.0 Å². The first kappa shape index (κ1) is 21.7. The van der Waals surface area contributed by atoms with Crippen LogP contribution in [0, 0.1) is 0 Å². The maximum absolute atomic E-state index is 13.1. The number of carbonyl (C=O) groups excluding carboxylic acids is 1. The molecule has 0 aliphatic heterocycles. The zero-order chi connectivity index (χ0) is 19.1. The summed E-state index contributed by atoms with van der Waals surface area (Å²) < 4.78 is 52.5. The van der Waals surface area contributed by atoms with E-state index in [1.807, 2.05) is 13.8 Å². The van der Waals surface area contributed by atoms with Gasteiger partial charge < -0.3 is 10.2 Å². The van der Waals surface area contributed by atoms with Crippen LogP contribution in [0.1, 0.15) is 57.5 Å². The Morgan fingerprint density at radius 2 is 1.84 bits per heavy atom. The van der Waals surface area contributed by atoms with Crippen LogP contribution in [-0.4, -0.2) is 46.8 Å². The molecule has 0 aromatic carbocycles. The van der Waals surface area contributed by atoms with Crippen molar-refractivity contribution in [2.24, 2.45) is 0 Å². The number of amides is 1. The van der Waals surface area contributed by atoms with E-state index in [4.69, 9.17) is 11.6 Å². The lowest BCUT2D eigenvalue weighted by Gasteiger charge is -2.19. The van der Waals surface area contributed by atoms with Crippen molar-refractivity contribution >= 4 is 17.5 Å². The lowest BCUT2D eigenvalue weighted by Crippen LogP contribution is -2.34. The molecule has 1 aromatic rings. The number of nitrogens with one attached hydrogen (secondary N) is 1. The first-order valence-corrected chi connectivity index (χ1v) is 8.46. The van der Waals surface area contributed by atoms with E-state index in [-0.39, 0.29) is 0 Å². The minimum Gasteiger partial charge on any atom is -0.354 e. The highest BCUT2D eigenvalue weighted by molar-refractivity contribution is 6.32. The van der Waals surface area contributed by atoms with Crippen LogP contribution in [0.25, 0.3) is 0 Å². The molecule has 0 radical (unpaired) electrons. The number of aromatic nitrogens is 2. The Morgan fingerprint density at radius 3 is 2.32 bits per heavy atom. The fourth-order valence-corrected chi connectivity index (χ4v) is 2.68. The lowest BCUT2D eigenvalue weighted by atomic mass is 10.2. The maximum atomic E-state index is 13.1. The SMILES string of the molecule is CCN(CC)CCCNC(=O)C(C)n1nc(C(F)F)c(Cl)c1C(F)F. The summed E-state index contributed by atoms with van der Waals surface area (Å²) in [5.41, 5.74) is -1.82. The summed E-state index contributed by atoms with van der Waals surface area (Å²) in [6.07, 6.45) is -5.54. The predicted octanol–water partition coefficient (Wildman–Crippen LogP) is 3.82. The molecule has 1 heterocycles. The Labute approximate surface area is 149 Å². The highest BCUT2D eigenvalue weighted by atomic mass is 35.5. The summed E-state index contributed by atoms with van der Waals surface area (Å²) in [7, 11) is 0. The van der Waals surface area contributed by atoms with E-state index >= 15 is 0 Å². The number of alkyl halides is 4. The Morgan fingerprint density at radius 1 is 1.24 bits per heavy atom. The zero-order valence-corrected chi connectivity index (χ0v) is 15.2. The summed E-state index contributed by atoms with van der Waals surface area (Å²) in [6.45, 7) is 8.27. The summed E-state index contributed by atoms with van der Waals surface area (Å²) >= 11 is 5.58. The first-order chi connectivity index (χ1) is 11.7. The van der Waals surface area contributed by atoms with Gasteiger partial charge in [0.05, 0.1) is 5.02 Å². The molecule has 1 unspecified atom stereocenters. The van der Waals surface area contributed by atoms with Crippen LogP contribution in [-0.2, 0) is 4.79 Å². The predicted molar refractivity (Wildman–Crippen MR) is 87.3 cm³/mol. The molecule has 10 heteroatoms. The molecule has 0 saturated carbocycles. The van der Waals surface area contributed by atoms with Crippen LogP contribution in [0.4, 0.5) is 17.6 Å². The molecular formula is C15H23ClF4N4O. The standard InChI is InChI=1S/C15H23ClF4N4O/c1-4-23(5-2)8-6-7-21-15(25)9(3)24-12(14(19)20)10(16)11(22-24)13(17)18/h9,13-14H,4-8H2,1-3H3,(H,21,25). The van der Waals surface area contributed by atoms with Crippen molar-refractivity contribution in [2.75, 3.05) is 26.2 Å². The van der Waals surface area contributed by atoms with E-state index in [9.17, 15) is 22.4 Å². The molecule has 0 saturated heterocycles.